The summed E-state index contributed by atoms with van der Waals surface area (Å²) in [7, 11) is 0. The molecule has 0 heterocycles. The molecule has 4 aliphatic rings. The highest BCUT2D eigenvalue weighted by atomic mass is 79.9. The van der Waals surface area contributed by atoms with Crippen LogP contribution in [0.2, 0.25) is 0 Å². The van der Waals surface area contributed by atoms with Crippen molar-refractivity contribution >= 4 is 21.9 Å². The molecule has 4 heteroatoms. The zero-order valence-electron chi connectivity index (χ0n) is 17.3. The Bertz CT molecular complexity index is 580. The van der Waals surface area contributed by atoms with Crippen molar-refractivity contribution in [2.24, 2.45) is 34.5 Å². The number of rotatable bonds is 3. The van der Waals surface area contributed by atoms with Crippen molar-refractivity contribution in [3.05, 3.63) is 0 Å². The average Bonchev–Trinajstić information content (AvgIpc) is 2.87. The van der Waals surface area contributed by atoms with E-state index >= 15 is 0 Å². The molecule has 5 unspecified atom stereocenters. The molecule has 4 aliphatic carbocycles. The number of halogens is 1. The van der Waals surface area contributed by atoms with Gasteiger partial charge in [-0.3, -0.25) is 4.79 Å². The van der Waals surface area contributed by atoms with Crippen molar-refractivity contribution in [1.82, 2.24) is 0 Å². The normalized spacial score (nSPS) is 51.8. The zero-order chi connectivity index (χ0) is 19.4. The van der Waals surface area contributed by atoms with Crippen LogP contribution in [0.5, 0.6) is 0 Å². The molecule has 4 rings (SSSR count). The number of aliphatic hydroxyl groups excluding tert-OH is 1. The summed E-state index contributed by atoms with van der Waals surface area (Å²) < 4.78 is 6.04. The van der Waals surface area contributed by atoms with Crippen LogP contribution in [-0.2, 0) is 9.53 Å². The van der Waals surface area contributed by atoms with Crippen LogP contribution in [0.1, 0.15) is 85.0 Å². The van der Waals surface area contributed by atoms with Crippen LogP contribution >= 0.6 is 15.9 Å². The van der Waals surface area contributed by atoms with Crippen LogP contribution in [0.15, 0.2) is 0 Å². The molecule has 0 aromatic rings. The largest absolute Gasteiger partial charge is 0.461 e. The highest BCUT2D eigenvalue weighted by molar-refractivity contribution is 9.09. The van der Waals surface area contributed by atoms with Crippen molar-refractivity contribution in [3.63, 3.8) is 0 Å². The van der Waals surface area contributed by atoms with Gasteiger partial charge in [0.1, 0.15) is 6.10 Å². The molecule has 4 fully saturated rings. The van der Waals surface area contributed by atoms with Crippen LogP contribution < -0.4 is 0 Å². The van der Waals surface area contributed by atoms with Crippen molar-refractivity contribution in [1.29, 1.82) is 0 Å². The first kappa shape index (κ1) is 20.2. The molecule has 27 heavy (non-hydrogen) atoms. The molecule has 9 atom stereocenters. The van der Waals surface area contributed by atoms with Crippen LogP contribution in [0.25, 0.3) is 0 Å². The summed E-state index contributed by atoms with van der Waals surface area (Å²) in [6.07, 6.45) is 10.7. The second-order valence-corrected chi connectivity index (χ2v) is 11.7. The highest BCUT2D eigenvalue weighted by Gasteiger charge is 2.63. The monoisotopic (exact) mass is 440 g/mol. The van der Waals surface area contributed by atoms with Gasteiger partial charge in [-0.05, 0) is 86.9 Å². The molecule has 0 saturated heterocycles. The number of hydrogen-bond acceptors (Lipinski definition) is 3. The molecule has 1 N–H and O–H groups in total. The van der Waals surface area contributed by atoms with E-state index < -0.39 is 0 Å². The third-order valence-corrected chi connectivity index (χ3v) is 10.1. The molecule has 0 aromatic carbocycles. The molecular weight excluding hydrogens is 404 g/mol. The van der Waals surface area contributed by atoms with Gasteiger partial charge < -0.3 is 9.84 Å². The topological polar surface area (TPSA) is 46.5 Å². The Balaban J connectivity index is 1.55. The van der Waals surface area contributed by atoms with E-state index in [2.05, 4.69) is 29.8 Å². The van der Waals surface area contributed by atoms with Gasteiger partial charge in [0.25, 0.3) is 0 Å². The lowest BCUT2D eigenvalue weighted by molar-refractivity contribution is -0.165. The van der Waals surface area contributed by atoms with E-state index in [-0.39, 0.29) is 23.6 Å². The summed E-state index contributed by atoms with van der Waals surface area (Å²) in [5.41, 5.74) is 0.526. The van der Waals surface area contributed by atoms with E-state index in [0.29, 0.717) is 28.5 Å². The minimum Gasteiger partial charge on any atom is -0.461 e. The molecule has 0 spiro atoms. The Kier molecular flexibility index (Phi) is 5.46. The number of aliphatic hydroxyl groups is 1. The minimum atomic E-state index is -0.0748. The molecule has 3 nitrogen and oxygen atoms in total. The average molecular weight is 441 g/mol. The Morgan fingerprint density at radius 1 is 1.07 bits per heavy atom. The number of hydrogen-bond donors (Lipinski definition) is 1. The third-order valence-electron chi connectivity index (χ3n) is 9.25. The van der Waals surface area contributed by atoms with E-state index in [0.717, 1.165) is 37.5 Å². The van der Waals surface area contributed by atoms with E-state index in [1.807, 2.05) is 6.92 Å². The van der Waals surface area contributed by atoms with Crippen LogP contribution in [0.3, 0.4) is 0 Å². The molecule has 0 bridgehead atoms. The highest BCUT2D eigenvalue weighted by Crippen LogP contribution is 2.67. The maximum atomic E-state index is 12.2. The third kappa shape index (κ3) is 3.21. The molecular formula is C23H37BrO3. The molecule has 154 valence electrons. The number of esters is 1. The number of fused-ring (bicyclic) bond motifs is 5. The van der Waals surface area contributed by atoms with Gasteiger partial charge in [0.05, 0.1) is 10.9 Å². The lowest BCUT2D eigenvalue weighted by Gasteiger charge is -2.60. The van der Waals surface area contributed by atoms with Gasteiger partial charge in [-0.15, -0.1) is 0 Å². The molecule has 0 aliphatic heterocycles. The lowest BCUT2D eigenvalue weighted by atomic mass is 9.45. The maximum Gasteiger partial charge on any atom is 0.306 e. The molecule has 0 radical (unpaired) electrons. The number of carbonyl (C=O) groups excluding carboxylic acids is 1. The minimum absolute atomic E-state index is 0.0205. The summed E-state index contributed by atoms with van der Waals surface area (Å²) in [5, 5.41) is 10.2. The molecule has 0 amide bonds. The first-order valence-electron chi connectivity index (χ1n) is 11.3. The van der Waals surface area contributed by atoms with Crippen molar-refractivity contribution in [2.75, 3.05) is 0 Å². The summed E-state index contributed by atoms with van der Waals surface area (Å²) >= 11 is 3.91. The van der Waals surface area contributed by atoms with Gasteiger partial charge in [0.2, 0.25) is 0 Å². The fraction of sp³-hybridized carbons (Fsp3) is 0.957. The van der Waals surface area contributed by atoms with Gasteiger partial charge in [-0.25, -0.2) is 0 Å². The summed E-state index contributed by atoms with van der Waals surface area (Å²) in [4.78, 5) is 12.5. The van der Waals surface area contributed by atoms with E-state index in [1.165, 1.54) is 32.1 Å². The standard InChI is InChI=1S/C23H37BrO3/c1-4-5-20(26)27-21-19(24)13-18-16-7-6-14-12-15(25)8-10-22(14,2)17(16)9-11-23(18,21)3/h14-19,21,25H,4-13H2,1-3H3/t14?,15-,16?,17?,18?,19+,21?,22-,23-/m0/s1. The lowest BCUT2D eigenvalue weighted by Crippen LogP contribution is -2.54. The van der Waals surface area contributed by atoms with Gasteiger partial charge in [0.15, 0.2) is 0 Å². The quantitative estimate of drug-likeness (QED) is 0.466. The smallest absolute Gasteiger partial charge is 0.306 e. The Labute approximate surface area is 173 Å². The van der Waals surface area contributed by atoms with E-state index in [9.17, 15) is 9.90 Å². The molecule has 0 aromatic heterocycles. The second-order valence-electron chi connectivity index (χ2n) is 10.5. The van der Waals surface area contributed by atoms with Gasteiger partial charge >= 0.3 is 5.97 Å². The molecule has 4 saturated carbocycles. The Morgan fingerprint density at radius 3 is 2.56 bits per heavy atom. The SMILES string of the molecule is CCCC(=O)OC1[C@H](Br)CC2C3CCC4C[C@@H](O)CC[C@]4(C)C3CC[C@@]21C. The van der Waals surface area contributed by atoms with Crippen molar-refractivity contribution < 1.29 is 14.6 Å². The van der Waals surface area contributed by atoms with Crippen molar-refractivity contribution in [2.45, 2.75) is 102 Å². The van der Waals surface area contributed by atoms with Crippen LogP contribution in [-0.4, -0.2) is 28.1 Å². The fourth-order valence-electron chi connectivity index (χ4n) is 7.77. The maximum absolute atomic E-state index is 12.2. The predicted octanol–water partition coefficient (Wildman–Crippen LogP) is 5.48. The Hall–Kier alpha value is -0.0900. The number of alkyl halides is 1. The van der Waals surface area contributed by atoms with E-state index in [4.69, 9.17) is 4.74 Å². The zero-order valence-corrected chi connectivity index (χ0v) is 18.8. The summed E-state index contributed by atoms with van der Waals surface area (Å²) in [6.45, 7) is 6.97. The fourth-order valence-corrected chi connectivity index (χ4v) is 8.89. The predicted molar refractivity (Wildman–Crippen MR) is 111 cm³/mol. The Morgan fingerprint density at radius 2 is 1.81 bits per heavy atom. The van der Waals surface area contributed by atoms with E-state index in [1.54, 1.807) is 0 Å². The summed E-state index contributed by atoms with van der Waals surface area (Å²) in [5.74, 6) is 2.88. The number of carbonyl (C=O) groups is 1. The second kappa shape index (κ2) is 7.31. The van der Waals surface area contributed by atoms with Crippen molar-refractivity contribution in [3.8, 4) is 0 Å². The first-order chi connectivity index (χ1) is 12.8. The van der Waals surface area contributed by atoms with Crippen LogP contribution in [0.4, 0.5) is 0 Å². The number of ether oxygens (including phenoxy) is 1. The van der Waals surface area contributed by atoms with Crippen LogP contribution in [0, 0.1) is 34.5 Å². The summed E-state index contributed by atoms with van der Waals surface area (Å²) in [6, 6.07) is 0. The first-order valence-corrected chi connectivity index (χ1v) is 12.2. The van der Waals surface area contributed by atoms with Gasteiger partial charge in [0, 0.05) is 11.8 Å². The van der Waals surface area contributed by atoms with Gasteiger partial charge in [-0.2, -0.15) is 0 Å². The van der Waals surface area contributed by atoms with Gasteiger partial charge in [-0.1, -0.05) is 36.7 Å².